The molecule has 0 fully saturated rings. The van der Waals surface area contributed by atoms with Gasteiger partial charge in [-0.25, -0.2) is 4.79 Å². The maximum Gasteiger partial charge on any atom is 0.408 e. The van der Waals surface area contributed by atoms with E-state index in [9.17, 15) is 19.5 Å². The number of unbranched alkanes of at least 4 members (excludes halogenated alkanes) is 1. The van der Waals surface area contributed by atoms with Crippen molar-refractivity contribution in [2.45, 2.75) is 79.0 Å². The first-order chi connectivity index (χ1) is 14.9. The molecule has 0 aliphatic heterocycles. The van der Waals surface area contributed by atoms with E-state index in [2.05, 4.69) is 10.6 Å². The minimum Gasteiger partial charge on any atom is -0.444 e. The highest BCUT2D eigenvalue weighted by Gasteiger charge is 2.35. The molecule has 8 heteroatoms. The number of amides is 3. The number of rotatable bonds is 10. The van der Waals surface area contributed by atoms with Gasteiger partial charge in [-0.05, 0) is 59.1 Å². The van der Waals surface area contributed by atoms with E-state index in [1.807, 2.05) is 39.0 Å². The number of carbonyl (C=O) groups excluding carboxylic acids is 3. The summed E-state index contributed by atoms with van der Waals surface area (Å²) >= 11 is 0. The topological polar surface area (TPSA) is 108 Å². The number of hydrogen-bond acceptors (Lipinski definition) is 5. The van der Waals surface area contributed by atoms with Crippen LogP contribution in [0.15, 0.2) is 18.2 Å². The van der Waals surface area contributed by atoms with E-state index in [0.29, 0.717) is 12.1 Å². The van der Waals surface area contributed by atoms with Crippen LogP contribution in [0.3, 0.4) is 0 Å². The van der Waals surface area contributed by atoms with Gasteiger partial charge in [0.25, 0.3) is 0 Å². The number of benzene rings is 1. The number of nitrogens with zero attached hydrogens (tertiary/aromatic N) is 1. The largest absolute Gasteiger partial charge is 0.444 e. The van der Waals surface area contributed by atoms with Crippen molar-refractivity contribution in [3.05, 3.63) is 34.9 Å². The second-order valence-corrected chi connectivity index (χ2v) is 8.91. The third kappa shape index (κ3) is 8.15. The molecule has 0 aliphatic rings. The second-order valence-electron chi connectivity index (χ2n) is 8.91. The Kier molecular flexibility index (Phi) is 10.7. The molecule has 0 saturated carbocycles. The highest BCUT2D eigenvalue weighted by atomic mass is 16.6. The smallest absolute Gasteiger partial charge is 0.408 e. The van der Waals surface area contributed by atoms with Crippen LogP contribution in [-0.4, -0.2) is 59.3 Å². The van der Waals surface area contributed by atoms with E-state index in [0.717, 1.165) is 24.0 Å². The highest BCUT2D eigenvalue weighted by molar-refractivity contribution is 5.92. The van der Waals surface area contributed by atoms with Gasteiger partial charge < -0.3 is 25.4 Å². The summed E-state index contributed by atoms with van der Waals surface area (Å²) in [5.41, 5.74) is 1.80. The van der Waals surface area contributed by atoms with Crippen LogP contribution < -0.4 is 10.6 Å². The van der Waals surface area contributed by atoms with E-state index in [-0.39, 0.29) is 12.5 Å². The van der Waals surface area contributed by atoms with Crippen LogP contribution in [0.25, 0.3) is 0 Å². The van der Waals surface area contributed by atoms with Gasteiger partial charge in [-0.1, -0.05) is 37.1 Å². The lowest BCUT2D eigenvalue weighted by Crippen LogP contribution is -2.54. The van der Waals surface area contributed by atoms with Crippen LogP contribution in [0.1, 0.15) is 70.2 Å². The predicted molar refractivity (Wildman–Crippen MR) is 124 cm³/mol. The zero-order valence-corrected chi connectivity index (χ0v) is 20.4. The Labute approximate surface area is 191 Å². The Hall–Kier alpha value is -2.61. The summed E-state index contributed by atoms with van der Waals surface area (Å²) in [6.45, 7) is 12.8. The first kappa shape index (κ1) is 27.4. The fourth-order valence-corrected chi connectivity index (χ4v) is 3.29. The average molecular weight is 450 g/mol. The fourth-order valence-electron chi connectivity index (χ4n) is 3.29. The van der Waals surface area contributed by atoms with Gasteiger partial charge in [0.15, 0.2) is 0 Å². The van der Waals surface area contributed by atoms with Crippen LogP contribution in [0, 0.1) is 13.8 Å². The van der Waals surface area contributed by atoms with Crippen molar-refractivity contribution in [1.82, 2.24) is 15.5 Å². The van der Waals surface area contributed by atoms with Crippen molar-refractivity contribution in [2.75, 3.05) is 19.7 Å². The molecule has 0 saturated heterocycles. The van der Waals surface area contributed by atoms with Crippen LogP contribution in [-0.2, 0) is 14.3 Å². The minimum absolute atomic E-state index is 0.213. The SMILES string of the molecule is CCCCNC(=O)C(c1cc(C)ccc1C)N(CC)C(=O)C(CO)NC(=O)OC(C)(C)C. The molecule has 3 N–H and O–H groups in total. The lowest BCUT2D eigenvalue weighted by molar-refractivity contribution is -0.143. The van der Waals surface area contributed by atoms with Crippen molar-refractivity contribution in [1.29, 1.82) is 0 Å². The van der Waals surface area contributed by atoms with Crippen molar-refractivity contribution in [3.8, 4) is 0 Å². The van der Waals surface area contributed by atoms with E-state index in [1.165, 1.54) is 4.90 Å². The molecule has 0 aliphatic carbocycles. The molecule has 3 amide bonds. The van der Waals surface area contributed by atoms with Crippen molar-refractivity contribution < 1.29 is 24.2 Å². The number of ether oxygens (including phenoxy) is 1. The van der Waals surface area contributed by atoms with Gasteiger partial charge in [-0.15, -0.1) is 0 Å². The van der Waals surface area contributed by atoms with Gasteiger partial charge in [0.05, 0.1) is 6.61 Å². The number of aliphatic hydroxyl groups is 1. The molecule has 1 aromatic carbocycles. The van der Waals surface area contributed by atoms with Crippen LogP contribution in [0.5, 0.6) is 0 Å². The molecule has 0 heterocycles. The van der Waals surface area contributed by atoms with Gasteiger partial charge in [-0.3, -0.25) is 9.59 Å². The van der Waals surface area contributed by atoms with Crippen LogP contribution >= 0.6 is 0 Å². The van der Waals surface area contributed by atoms with Crippen LogP contribution in [0.4, 0.5) is 4.79 Å². The molecule has 32 heavy (non-hydrogen) atoms. The molecule has 0 bridgehead atoms. The quantitative estimate of drug-likeness (QED) is 0.476. The zero-order chi connectivity index (χ0) is 24.5. The third-order valence-electron chi connectivity index (χ3n) is 4.91. The monoisotopic (exact) mass is 449 g/mol. The number of likely N-dealkylation sites (N-methyl/N-ethyl adjacent to an activating group) is 1. The summed E-state index contributed by atoms with van der Waals surface area (Å²) in [7, 11) is 0. The first-order valence-electron chi connectivity index (χ1n) is 11.2. The molecular weight excluding hydrogens is 410 g/mol. The number of nitrogens with one attached hydrogen (secondary N) is 2. The molecule has 0 radical (unpaired) electrons. The maximum absolute atomic E-state index is 13.4. The van der Waals surface area contributed by atoms with Crippen molar-refractivity contribution in [3.63, 3.8) is 0 Å². The molecule has 2 unspecified atom stereocenters. The van der Waals surface area contributed by atoms with Crippen molar-refractivity contribution in [2.24, 2.45) is 0 Å². The van der Waals surface area contributed by atoms with E-state index in [4.69, 9.17) is 4.74 Å². The molecule has 2 atom stereocenters. The Bertz CT molecular complexity index is 788. The number of aliphatic hydroxyl groups excluding tert-OH is 1. The first-order valence-corrected chi connectivity index (χ1v) is 11.2. The normalized spacial score (nSPS) is 13.1. The van der Waals surface area contributed by atoms with Gasteiger partial charge in [-0.2, -0.15) is 0 Å². The van der Waals surface area contributed by atoms with Crippen LogP contribution in [0.2, 0.25) is 0 Å². The Balaban J connectivity index is 3.28. The van der Waals surface area contributed by atoms with Gasteiger partial charge in [0.2, 0.25) is 11.8 Å². The number of alkyl carbamates (subject to hydrolysis) is 1. The summed E-state index contributed by atoms with van der Waals surface area (Å²) < 4.78 is 5.22. The fraction of sp³-hybridized carbons (Fsp3) is 0.625. The molecular formula is C24H39N3O5. The summed E-state index contributed by atoms with van der Waals surface area (Å²) in [4.78, 5) is 40.2. The van der Waals surface area contributed by atoms with Crippen molar-refractivity contribution >= 4 is 17.9 Å². The molecule has 0 aromatic heterocycles. The molecule has 8 nitrogen and oxygen atoms in total. The third-order valence-corrected chi connectivity index (χ3v) is 4.91. The molecule has 0 spiro atoms. The lowest BCUT2D eigenvalue weighted by Gasteiger charge is -2.34. The van der Waals surface area contributed by atoms with Gasteiger partial charge in [0, 0.05) is 13.1 Å². The van der Waals surface area contributed by atoms with E-state index in [1.54, 1.807) is 27.7 Å². The minimum atomic E-state index is -1.24. The second kappa shape index (κ2) is 12.4. The Morgan fingerprint density at radius 3 is 2.34 bits per heavy atom. The number of carbonyl (C=O) groups is 3. The Morgan fingerprint density at radius 1 is 1.16 bits per heavy atom. The number of aryl methyl sites for hydroxylation is 2. The Morgan fingerprint density at radius 2 is 1.81 bits per heavy atom. The standard InChI is InChI=1S/C24H39N3O5/c1-8-10-13-25-21(29)20(18-14-16(3)11-12-17(18)4)27(9-2)22(30)19(15-28)26-23(31)32-24(5,6)7/h11-12,14,19-20,28H,8-10,13,15H2,1-7H3,(H,25,29)(H,26,31). The van der Waals surface area contributed by atoms with E-state index < -0.39 is 36.3 Å². The predicted octanol–water partition coefficient (Wildman–Crippen LogP) is 2.99. The van der Waals surface area contributed by atoms with E-state index >= 15 is 0 Å². The highest BCUT2D eigenvalue weighted by Crippen LogP contribution is 2.26. The summed E-state index contributed by atoms with van der Waals surface area (Å²) in [6.07, 6.45) is 0.943. The summed E-state index contributed by atoms with van der Waals surface area (Å²) in [6, 6.07) is 3.63. The summed E-state index contributed by atoms with van der Waals surface area (Å²) in [5, 5.41) is 15.2. The molecule has 180 valence electrons. The van der Waals surface area contributed by atoms with Gasteiger partial charge in [0.1, 0.15) is 17.7 Å². The molecule has 1 rings (SSSR count). The lowest BCUT2D eigenvalue weighted by atomic mass is 9.96. The summed E-state index contributed by atoms with van der Waals surface area (Å²) in [5.74, 6) is -0.853. The zero-order valence-electron chi connectivity index (χ0n) is 20.4. The average Bonchev–Trinajstić information content (AvgIpc) is 2.70. The maximum atomic E-state index is 13.4. The molecule has 1 aromatic rings. The number of hydrogen-bond donors (Lipinski definition) is 3. The van der Waals surface area contributed by atoms with Gasteiger partial charge >= 0.3 is 6.09 Å².